The number of alkyl halides is 3. The Labute approximate surface area is 104 Å². The van der Waals surface area contributed by atoms with E-state index in [0.29, 0.717) is 4.47 Å². The average Bonchev–Trinajstić information content (AvgIpc) is 2.25. The van der Waals surface area contributed by atoms with Crippen molar-refractivity contribution in [3.63, 3.8) is 0 Å². The largest absolute Gasteiger partial charge is 0.405 e. The molecule has 0 atom stereocenters. The van der Waals surface area contributed by atoms with Crippen molar-refractivity contribution in [1.82, 2.24) is 10.3 Å². The predicted molar refractivity (Wildman–Crippen MR) is 59.9 cm³/mol. The highest BCUT2D eigenvalue weighted by Gasteiger charge is 2.28. The number of hydrogen-bond acceptors (Lipinski definition) is 3. The van der Waals surface area contributed by atoms with E-state index in [1.807, 2.05) is 0 Å². The third-order valence-corrected chi connectivity index (χ3v) is 2.22. The fraction of sp³-hybridized carbons (Fsp3) is 0.333. The summed E-state index contributed by atoms with van der Waals surface area (Å²) in [6.45, 7) is -1.37. The van der Waals surface area contributed by atoms with Gasteiger partial charge in [0.15, 0.2) is 0 Å². The summed E-state index contributed by atoms with van der Waals surface area (Å²) in [6, 6.07) is 1.39. The maximum absolute atomic E-state index is 11.9. The van der Waals surface area contributed by atoms with Crippen LogP contribution in [0, 0.1) is 0 Å². The summed E-state index contributed by atoms with van der Waals surface area (Å²) in [5, 5.41) is 4.40. The van der Waals surface area contributed by atoms with Gasteiger partial charge in [0.05, 0.1) is 5.56 Å². The van der Waals surface area contributed by atoms with Crippen LogP contribution in [0.3, 0.4) is 0 Å². The third kappa shape index (κ3) is 4.22. The summed E-state index contributed by atoms with van der Waals surface area (Å²) in [6.07, 6.45) is -3.00. The average molecular weight is 312 g/mol. The number of carbonyl (C=O) groups excluding carboxylic acids is 1. The number of aromatic nitrogens is 1. The van der Waals surface area contributed by atoms with Gasteiger partial charge in [0.1, 0.15) is 12.4 Å². The number of pyridine rings is 1. The van der Waals surface area contributed by atoms with Gasteiger partial charge in [0, 0.05) is 17.7 Å². The van der Waals surface area contributed by atoms with E-state index in [2.05, 4.69) is 26.2 Å². The zero-order chi connectivity index (χ0) is 13.1. The molecule has 1 aromatic rings. The summed E-state index contributed by atoms with van der Waals surface area (Å²) in [5.74, 6) is -0.617. The number of nitrogens with one attached hydrogen (secondary N) is 2. The first-order valence-corrected chi connectivity index (χ1v) is 5.31. The number of nitrogens with zero attached hydrogens (tertiary/aromatic N) is 1. The van der Waals surface area contributed by atoms with Gasteiger partial charge < -0.3 is 10.6 Å². The van der Waals surface area contributed by atoms with Gasteiger partial charge in [0.25, 0.3) is 5.91 Å². The zero-order valence-corrected chi connectivity index (χ0v) is 10.3. The molecule has 0 bridgehead atoms. The minimum atomic E-state index is -4.44. The molecule has 0 radical (unpaired) electrons. The molecule has 0 saturated carbocycles. The van der Waals surface area contributed by atoms with Crippen molar-refractivity contribution in [3.8, 4) is 0 Å². The molecule has 0 aliphatic carbocycles. The number of anilines is 1. The van der Waals surface area contributed by atoms with Crippen LogP contribution >= 0.6 is 15.9 Å². The third-order valence-electron chi connectivity index (χ3n) is 1.79. The Balaban J connectivity index is 2.84. The second-order valence-electron chi connectivity index (χ2n) is 3.10. The molecule has 8 heteroatoms. The fourth-order valence-electron chi connectivity index (χ4n) is 1.09. The van der Waals surface area contributed by atoms with Crippen LogP contribution in [0.15, 0.2) is 16.7 Å². The Morgan fingerprint density at radius 3 is 2.71 bits per heavy atom. The van der Waals surface area contributed by atoms with E-state index in [-0.39, 0.29) is 11.4 Å². The van der Waals surface area contributed by atoms with E-state index < -0.39 is 18.6 Å². The molecule has 0 spiro atoms. The van der Waals surface area contributed by atoms with Crippen molar-refractivity contribution >= 4 is 27.7 Å². The van der Waals surface area contributed by atoms with Gasteiger partial charge in [-0.15, -0.1) is 0 Å². The molecular weight excluding hydrogens is 303 g/mol. The highest BCUT2D eigenvalue weighted by molar-refractivity contribution is 9.10. The number of amides is 1. The first-order chi connectivity index (χ1) is 7.83. The molecule has 0 aromatic carbocycles. The van der Waals surface area contributed by atoms with Crippen molar-refractivity contribution in [1.29, 1.82) is 0 Å². The first kappa shape index (κ1) is 13.8. The van der Waals surface area contributed by atoms with E-state index in [0.717, 1.165) is 0 Å². The topological polar surface area (TPSA) is 54.0 Å². The summed E-state index contributed by atoms with van der Waals surface area (Å²) < 4.78 is 36.3. The molecule has 94 valence electrons. The number of halogens is 4. The van der Waals surface area contributed by atoms with Gasteiger partial charge >= 0.3 is 6.18 Å². The van der Waals surface area contributed by atoms with E-state index in [1.165, 1.54) is 19.3 Å². The van der Waals surface area contributed by atoms with E-state index in [4.69, 9.17) is 0 Å². The monoisotopic (exact) mass is 311 g/mol. The smallest absolute Gasteiger partial charge is 0.372 e. The lowest BCUT2D eigenvalue weighted by Gasteiger charge is -2.11. The molecule has 4 nitrogen and oxygen atoms in total. The Morgan fingerprint density at radius 1 is 1.53 bits per heavy atom. The maximum atomic E-state index is 11.9. The molecule has 0 unspecified atom stereocenters. The number of rotatable bonds is 3. The van der Waals surface area contributed by atoms with Crippen LogP contribution in [0.1, 0.15) is 10.4 Å². The van der Waals surface area contributed by atoms with Crippen molar-refractivity contribution in [2.24, 2.45) is 0 Å². The Hall–Kier alpha value is -1.31. The Kier molecular flexibility index (Phi) is 4.33. The van der Waals surface area contributed by atoms with Gasteiger partial charge in [-0.05, 0) is 22.0 Å². The number of hydrogen-bond donors (Lipinski definition) is 2. The van der Waals surface area contributed by atoms with Crippen LogP contribution < -0.4 is 10.6 Å². The summed E-state index contributed by atoms with van der Waals surface area (Å²) in [5.41, 5.74) is 0.0473. The van der Waals surface area contributed by atoms with Gasteiger partial charge in [-0.1, -0.05) is 0 Å². The maximum Gasteiger partial charge on any atom is 0.405 e. The lowest BCUT2D eigenvalue weighted by atomic mass is 10.2. The molecule has 0 fully saturated rings. The highest BCUT2D eigenvalue weighted by Crippen LogP contribution is 2.18. The van der Waals surface area contributed by atoms with Crippen molar-refractivity contribution in [2.75, 3.05) is 18.9 Å². The summed E-state index contributed by atoms with van der Waals surface area (Å²) >= 11 is 3.09. The van der Waals surface area contributed by atoms with Crippen LogP contribution in [-0.2, 0) is 0 Å². The summed E-state index contributed by atoms with van der Waals surface area (Å²) in [7, 11) is 1.52. The lowest BCUT2D eigenvalue weighted by Crippen LogP contribution is -2.34. The van der Waals surface area contributed by atoms with Crippen LogP contribution in [0.5, 0.6) is 0 Å². The molecule has 0 saturated heterocycles. The lowest BCUT2D eigenvalue weighted by molar-refractivity contribution is -0.123. The van der Waals surface area contributed by atoms with E-state index >= 15 is 0 Å². The normalized spacial score (nSPS) is 11.1. The Morgan fingerprint density at radius 2 is 2.18 bits per heavy atom. The van der Waals surface area contributed by atoms with Crippen LogP contribution in [-0.4, -0.2) is 30.7 Å². The highest BCUT2D eigenvalue weighted by atomic mass is 79.9. The minimum absolute atomic E-state index is 0.0473. The molecule has 17 heavy (non-hydrogen) atoms. The predicted octanol–water partition coefficient (Wildman–Crippen LogP) is 2.18. The van der Waals surface area contributed by atoms with Crippen molar-refractivity contribution in [2.45, 2.75) is 6.18 Å². The molecule has 1 rings (SSSR count). The van der Waals surface area contributed by atoms with Crippen LogP contribution in [0.2, 0.25) is 0 Å². The zero-order valence-electron chi connectivity index (χ0n) is 8.73. The summed E-state index contributed by atoms with van der Waals surface area (Å²) in [4.78, 5) is 15.4. The van der Waals surface area contributed by atoms with E-state index in [9.17, 15) is 18.0 Å². The quantitative estimate of drug-likeness (QED) is 0.899. The molecule has 1 aromatic heterocycles. The van der Waals surface area contributed by atoms with Gasteiger partial charge in [-0.25, -0.2) is 4.98 Å². The van der Waals surface area contributed by atoms with Gasteiger partial charge in [-0.3, -0.25) is 4.79 Å². The van der Waals surface area contributed by atoms with Crippen LogP contribution in [0.25, 0.3) is 0 Å². The van der Waals surface area contributed by atoms with Gasteiger partial charge in [-0.2, -0.15) is 13.2 Å². The molecule has 0 aliphatic heterocycles. The SMILES string of the molecule is CNc1ncc(Br)cc1C(=O)NCC(F)(F)F. The van der Waals surface area contributed by atoms with Crippen molar-refractivity contribution < 1.29 is 18.0 Å². The standard InChI is InChI=1S/C9H9BrF3N3O/c1-14-7-6(2-5(10)3-15-7)8(17)16-4-9(11,12)13/h2-3H,4H2,1H3,(H,14,15)(H,16,17). The molecule has 1 heterocycles. The second-order valence-corrected chi connectivity index (χ2v) is 4.01. The van der Waals surface area contributed by atoms with E-state index in [1.54, 1.807) is 5.32 Å². The molecular formula is C9H9BrF3N3O. The molecule has 0 aliphatic rings. The molecule has 2 N–H and O–H groups in total. The van der Waals surface area contributed by atoms with Crippen LogP contribution in [0.4, 0.5) is 19.0 Å². The Bertz CT molecular complexity index is 422. The van der Waals surface area contributed by atoms with Gasteiger partial charge in [0.2, 0.25) is 0 Å². The molecule has 1 amide bonds. The minimum Gasteiger partial charge on any atom is -0.372 e. The second kappa shape index (κ2) is 5.35. The first-order valence-electron chi connectivity index (χ1n) is 4.51. The van der Waals surface area contributed by atoms with Crippen molar-refractivity contribution in [3.05, 3.63) is 22.3 Å². The number of carbonyl (C=O) groups is 1. The fourth-order valence-corrected chi connectivity index (χ4v) is 1.42.